The largest absolute Gasteiger partial charge is 0.324 e. The Morgan fingerprint density at radius 3 is 2.78 bits per heavy atom. The fourth-order valence-corrected chi connectivity index (χ4v) is 5.92. The number of nitrogens with zero attached hydrogens (tertiary/aromatic N) is 2. The maximum absolute atomic E-state index is 13.7. The van der Waals surface area contributed by atoms with Gasteiger partial charge in [-0.15, -0.1) is 11.3 Å². The summed E-state index contributed by atoms with van der Waals surface area (Å²) < 4.78 is 2.32. The molecule has 1 N–H and O–H groups in total. The highest BCUT2D eigenvalue weighted by molar-refractivity contribution is 9.10. The summed E-state index contributed by atoms with van der Waals surface area (Å²) in [6.07, 6.45) is 4.13. The first-order valence-electron chi connectivity index (χ1n) is 10.7. The Morgan fingerprint density at radius 2 is 1.97 bits per heavy atom. The van der Waals surface area contributed by atoms with Crippen molar-refractivity contribution in [1.82, 2.24) is 9.55 Å². The topological polar surface area (TPSA) is 64.0 Å². The van der Waals surface area contributed by atoms with E-state index in [1.165, 1.54) is 9.44 Å². The molecule has 0 saturated carbocycles. The molecule has 1 aliphatic carbocycles. The number of aromatic nitrogens is 2. The number of benzene rings is 2. The van der Waals surface area contributed by atoms with E-state index >= 15 is 0 Å². The molecule has 2 aromatic heterocycles. The molecule has 2 heterocycles. The van der Waals surface area contributed by atoms with E-state index in [1.807, 2.05) is 55.5 Å². The van der Waals surface area contributed by atoms with Crippen molar-refractivity contribution in [2.24, 2.45) is 0 Å². The van der Waals surface area contributed by atoms with Gasteiger partial charge in [-0.25, -0.2) is 4.98 Å². The van der Waals surface area contributed by atoms with Gasteiger partial charge in [0.05, 0.1) is 11.1 Å². The zero-order valence-corrected chi connectivity index (χ0v) is 20.1. The first kappa shape index (κ1) is 21.1. The molecule has 32 heavy (non-hydrogen) atoms. The quantitative estimate of drug-likeness (QED) is 0.384. The second kappa shape index (κ2) is 8.64. The third-order valence-corrected chi connectivity index (χ3v) is 7.68. The molecule has 0 aliphatic heterocycles. The summed E-state index contributed by atoms with van der Waals surface area (Å²) in [6.45, 7) is 1.91. The van der Waals surface area contributed by atoms with Crippen molar-refractivity contribution in [3.8, 4) is 11.4 Å². The van der Waals surface area contributed by atoms with Gasteiger partial charge in [-0.2, -0.15) is 0 Å². The molecule has 5 rings (SSSR count). The standard InChI is InChI=1S/C25H22BrN3O2S/c1-15-7-6-8-16(13-15)23-28-24-22(17-9-2-5-12-20(17)32-24)25(31)29(23)14-21(30)27-19-11-4-3-10-18(19)26/h3-4,6-8,10-11,13H,2,5,9,12,14H2,1H3,(H,27,30). The summed E-state index contributed by atoms with van der Waals surface area (Å²) in [6, 6.07) is 15.3. The second-order valence-electron chi connectivity index (χ2n) is 8.12. The van der Waals surface area contributed by atoms with Crippen LogP contribution in [-0.4, -0.2) is 15.5 Å². The van der Waals surface area contributed by atoms with Gasteiger partial charge >= 0.3 is 0 Å². The summed E-state index contributed by atoms with van der Waals surface area (Å²) >= 11 is 5.09. The third kappa shape index (κ3) is 3.91. The number of amides is 1. The predicted molar refractivity (Wildman–Crippen MR) is 133 cm³/mol. The van der Waals surface area contributed by atoms with Crippen LogP contribution in [0, 0.1) is 6.92 Å². The second-order valence-corrected chi connectivity index (χ2v) is 10.1. The number of fused-ring (bicyclic) bond motifs is 3. The Morgan fingerprint density at radius 1 is 1.16 bits per heavy atom. The van der Waals surface area contributed by atoms with Crippen LogP contribution < -0.4 is 10.9 Å². The molecule has 2 aromatic carbocycles. The molecule has 162 valence electrons. The average molecular weight is 508 g/mol. The fourth-order valence-electron chi connectivity index (χ4n) is 4.29. The van der Waals surface area contributed by atoms with E-state index in [0.717, 1.165) is 51.7 Å². The first-order chi connectivity index (χ1) is 15.5. The monoisotopic (exact) mass is 507 g/mol. The summed E-state index contributed by atoms with van der Waals surface area (Å²) in [5, 5.41) is 3.60. The van der Waals surface area contributed by atoms with E-state index < -0.39 is 0 Å². The van der Waals surface area contributed by atoms with Crippen LogP contribution in [0.1, 0.15) is 28.8 Å². The Balaban J connectivity index is 1.64. The number of hydrogen-bond donors (Lipinski definition) is 1. The van der Waals surface area contributed by atoms with Crippen molar-refractivity contribution in [3.05, 3.63) is 79.4 Å². The van der Waals surface area contributed by atoms with Crippen molar-refractivity contribution in [2.45, 2.75) is 39.2 Å². The van der Waals surface area contributed by atoms with Gasteiger partial charge in [0.25, 0.3) is 5.56 Å². The number of para-hydroxylation sites is 1. The number of thiophene rings is 1. The number of halogens is 1. The zero-order chi connectivity index (χ0) is 22.2. The molecular formula is C25H22BrN3O2S. The molecule has 4 aromatic rings. The zero-order valence-electron chi connectivity index (χ0n) is 17.7. The number of nitrogens with one attached hydrogen (secondary N) is 1. The van der Waals surface area contributed by atoms with E-state index in [2.05, 4.69) is 21.2 Å². The third-order valence-electron chi connectivity index (χ3n) is 5.80. The normalized spacial score (nSPS) is 13.2. The number of carbonyl (C=O) groups is 1. The van der Waals surface area contributed by atoms with Crippen LogP contribution in [0.25, 0.3) is 21.6 Å². The Labute approximate surface area is 198 Å². The van der Waals surface area contributed by atoms with Crippen LogP contribution in [0.2, 0.25) is 0 Å². The summed E-state index contributed by atoms with van der Waals surface area (Å²) in [5.74, 6) is 0.269. The average Bonchev–Trinajstić information content (AvgIpc) is 3.16. The van der Waals surface area contributed by atoms with E-state index in [4.69, 9.17) is 4.98 Å². The van der Waals surface area contributed by atoms with E-state index in [9.17, 15) is 9.59 Å². The lowest BCUT2D eigenvalue weighted by Gasteiger charge is -2.15. The molecule has 1 aliphatic rings. The SMILES string of the molecule is Cc1cccc(-c2nc3sc4c(c3c(=O)n2CC(=O)Nc2ccccc2Br)CCCC4)c1. The minimum Gasteiger partial charge on any atom is -0.324 e. The van der Waals surface area contributed by atoms with Crippen LogP contribution in [0.15, 0.2) is 57.8 Å². The highest BCUT2D eigenvalue weighted by atomic mass is 79.9. The van der Waals surface area contributed by atoms with Crippen LogP contribution >= 0.6 is 27.3 Å². The highest BCUT2D eigenvalue weighted by Crippen LogP contribution is 2.35. The minimum atomic E-state index is -0.266. The summed E-state index contributed by atoms with van der Waals surface area (Å²) in [5.41, 5.74) is 3.58. The van der Waals surface area contributed by atoms with Gasteiger partial charge in [-0.1, -0.05) is 35.9 Å². The molecule has 1 amide bonds. The molecule has 0 saturated heterocycles. The molecule has 0 atom stereocenters. The van der Waals surface area contributed by atoms with Crippen molar-refractivity contribution >= 4 is 49.1 Å². The lowest BCUT2D eigenvalue weighted by atomic mass is 9.97. The van der Waals surface area contributed by atoms with Gasteiger partial charge in [-0.3, -0.25) is 14.2 Å². The van der Waals surface area contributed by atoms with Gasteiger partial charge in [-0.05, 0) is 72.3 Å². The molecule has 0 bridgehead atoms. The number of aryl methyl sites for hydroxylation is 3. The van der Waals surface area contributed by atoms with Crippen molar-refractivity contribution in [1.29, 1.82) is 0 Å². The molecule has 0 radical (unpaired) electrons. The van der Waals surface area contributed by atoms with E-state index in [1.54, 1.807) is 11.3 Å². The smallest absolute Gasteiger partial charge is 0.263 e. The number of rotatable bonds is 4. The van der Waals surface area contributed by atoms with E-state index in [0.29, 0.717) is 16.9 Å². The summed E-state index contributed by atoms with van der Waals surface area (Å²) in [4.78, 5) is 33.7. The number of anilines is 1. The van der Waals surface area contributed by atoms with Gasteiger partial charge in [0, 0.05) is 14.9 Å². The van der Waals surface area contributed by atoms with Gasteiger partial charge in [0.15, 0.2) is 0 Å². The molecule has 5 nitrogen and oxygen atoms in total. The molecule has 0 unspecified atom stereocenters. The van der Waals surface area contributed by atoms with Crippen molar-refractivity contribution in [2.75, 3.05) is 5.32 Å². The maximum Gasteiger partial charge on any atom is 0.263 e. The lowest BCUT2D eigenvalue weighted by Crippen LogP contribution is -2.30. The van der Waals surface area contributed by atoms with Crippen LogP contribution in [0.3, 0.4) is 0 Å². The van der Waals surface area contributed by atoms with Crippen LogP contribution in [0.5, 0.6) is 0 Å². The molecule has 7 heteroatoms. The van der Waals surface area contributed by atoms with Crippen molar-refractivity contribution in [3.63, 3.8) is 0 Å². The Bertz CT molecular complexity index is 1410. The predicted octanol–water partition coefficient (Wildman–Crippen LogP) is 5.71. The Hall–Kier alpha value is -2.77. The number of carbonyl (C=O) groups excluding carboxylic acids is 1. The fraction of sp³-hybridized carbons (Fsp3) is 0.240. The van der Waals surface area contributed by atoms with E-state index in [-0.39, 0.29) is 18.0 Å². The van der Waals surface area contributed by atoms with Gasteiger partial charge in [0.1, 0.15) is 17.2 Å². The first-order valence-corrected chi connectivity index (χ1v) is 12.3. The lowest BCUT2D eigenvalue weighted by molar-refractivity contribution is -0.116. The maximum atomic E-state index is 13.7. The van der Waals surface area contributed by atoms with Crippen molar-refractivity contribution < 1.29 is 4.79 Å². The van der Waals surface area contributed by atoms with Crippen LogP contribution in [-0.2, 0) is 24.2 Å². The van der Waals surface area contributed by atoms with Crippen LogP contribution in [0.4, 0.5) is 5.69 Å². The molecule has 0 fully saturated rings. The van der Waals surface area contributed by atoms with Gasteiger partial charge in [0.2, 0.25) is 5.91 Å². The van der Waals surface area contributed by atoms with Gasteiger partial charge < -0.3 is 5.32 Å². The minimum absolute atomic E-state index is 0.100. The highest BCUT2D eigenvalue weighted by Gasteiger charge is 2.23. The molecular weight excluding hydrogens is 486 g/mol. The molecule has 0 spiro atoms. The Kier molecular flexibility index (Phi) is 5.69. The number of hydrogen-bond acceptors (Lipinski definition) is 4. The summed E-state index contributed by atoms with van der Waals surface area (Å²) in [7, 11) is 0.